The lowest BCUT2D eigenvalue weighted by atomic mass is 9.84. The fourth-order valence-electron chi connectivity index (χ4n) is 7.28. The molecule has 5 rings (SSSR count). The number of piperidine rings is 1. The maximum absolute atomic E-state index is 12.2. The van der Waals surface area contributed by atoms with Crippen LogP contribution in [0.4, 0.5) is 0 Å². The molecule has 0 aromatic heterocycles. The SMILES string of the molecule is CC(=O)N[C@@H]1[C@@H](C)[C@H](OCc2ccccc2)[C@]23C=CC=C[C@H]2C13CCN1CCCCC1. The summed E-state index contributed by atoms with van der Waals surface area (Å²) in [6.07, 6.45) is 14.4. The van der Waals surface area contributed by atoms with Gasteiger partial charge in [-0.15, -0.1) is 0 Å². The van der Waals surface area contributed by atoms with Crippen LogP contribution in [0.3, 0.4) is 0 Å². The molecule has 31 heavy (non-hydrogen) atoms. The van der Waals surface area contributed by atoms with Crippen LogP contribution >= 0.6 is 0 Å². The van der Waals surface area contributed by atoms with Gasteiger partial charge < -0.3 is 15.0 Å². The molecular formula is C27H36N2O2. The zero-order chi connectivity index (χ0) is 21.5. The van der Waals surface area contributed by atoms with Crippen LogP contribution in [0, 0.1) is 22.7 Å². The first-order valence-corrected chi connectivity index (χ1v) is 12.1. The molecular weight excluding hydrogens is 384 g/mol. The van der Waals surface area contributed by atoms with Gasteiger partial charge in [-0.2, -0.15) is 0 Å². The van der Waals surface area contributed by atoms with Crippen molar-refractivity contribution in [2.24, 2.45) is 22.7 Å². The Hall–Kier alpha value is -1.91. The number of benzene rings is 1. The third-order valence-corrected chi connectivity index (χ3v) is 8.53. The van der Waals surface area contributed by atoms with Gasteiger partial charge in [0.05, 0.1) is 12.7 Å². The number of amides is 1. The molecule has 4 heteroatoms. The number of ether oxygens (including phenoxy) is 1. The maximum Gasteiger partial charge on any atom is 0.217 e. The first-order valence-electron chi connectivity index (χ1n) is 12.1. The minimum absolute atomic E-state index is 0.00114. The Labute approximate surface area is 186 Å². The van der Waals surface area contributed by atoms with Crippen LogP contribution in [0.1, 0.15) is 45.1 Å². The summed E-state index contributed by atoms with van der Waals surface area (Å²) in [7, 11) is 0. The minimum atomic E-state index is -0.00114. The summed E-state index contributed by atoms with van der Waals surface area (Å²) in [4.78, 5) is 14.9. The van der Waals surface area contributed by atoms with E-state index in [9.17, 15) is 4.79 Å². The van der Waals surface area contributed by atoms with Crippen LogP contribution in [-0.4, -0.2) is 42.6 Å². The van der Waals surface area contributed by atoms with Crippen molar-refractivity contribution in [3.8, 4) is 0 Å². The predicted octanol–water partition coefficient (Wildman–Crippen LogP) is 4.33. The van der Waals surface area contributed by atoms with Crippen LogP contribution in [0.2, 0.25) is 0 Å². The normalized spacial score (nSPS) is 38.5. The number of likely N-dealkylation sites (tertiary alicyclic amines) is 1. The van der Waals surface area contributed by atoms with E-state index in [1.54, 1.807) is 6.92 Å². The van der Waals surface area contributed by atoms with E-state index < -0.39 is 0 Å². The Kier molecular flexibility index (Phi) is 5.56. The Bertz CT molecular complexity index is 859. The smallest absolute Gasteiger partial charge is 0.217 e. The number of fused-ring (bicyclic) bond motifs is 1. The summed E-state index contributed by atoms with van der Waals surface area (Å²) >= 11 is 0. The number of carbonyl (C=O) groups excluding carboxylic acids is 1. The second-order valence-corrected chi connectivity index (χ2v) is 10.1. The van der Waals surface area contributed by atoms with Gasteiger partial charge in [0.25, 0.3) is 0 Å². The predicted molar refractivity (Wildman–Crippen MR) is 123 cm³/mol. The van der Waals surface area contributed by atoms with Gasteiger partial charge in [0.2, 0.25) is 5.91 Å². The quantitative estimate of drug-likeness (QED) is 0.714. The summed E-state index contributed by atoms with van der Waals surface area (Å²) in [5, 5.41) is 3.39. The zero-order valence-corrected chi connectivity index (χ0v) is 18.9. The van der Waals surface area contributed by atoms with Crippen LogP contribution < -0.4 is 5.32 Å². The number of rotatable bonds is 7. The molecule has 0 bridgehead atoms. The molecule has 1 heterocycles. The number of carbonyl (C=O) groups is 1. The highest BCUT2D eigenvalue weighted by molar-refractivity contribution is 5.74. The van der Waals surface area contributed by atoms with E-state index in [4.69, 9.17) is 4.74 Å². The van der Waals surface area contributed by atoms with Crippen LogP contribution in [0.15, 0.2) is 54.6 Å². The topological polar surface area (TPSA) is 41.6 Å². The van der Waals surface area contributed by atoms with Gasteiger partial charge in [-0.25, -0.2) is 0 Å². The minimum Gasteiger partial charge on any atom is -0.372 e. The molecule has 1 saturated heterocycles. The van der Waals surface area contributed by atoms with E-state index in [1.165, 1.54) is 37.9 Å². The molecule has 4 nitrogen and oxygen atoms in total. The molecule has 1 N–H and O–H groups in total. The molecule has 4 aliphatic rings. The Morgan fingerprint density at radius 1 is 1.16 bits per heavy atom. The molecule has 1 unspecified atom stereocenters. The summed E-state index contributed by atoms with van der Waals surface area (Å²) in [6, 6.07) is 10.6. The molecule has 2 saturated carbocycles. The van der Waals surface area contributed by atoms with Crippen molar-refractivity contribution in [3.63, 3.8) is 0 Å². The highest BCUT2D eigenvalue weighted by atomic mass is 16.5. The van der Waals surface area contributed by atoms with Crippen molar-refractivity contribution in [1.82, 2.24) is 10.2 Å². The van der Waals surface area contributed by atoms with Crippen molar-refractivity contribution in [2.45, 2.75) is 58.3 Å². The Balaban J connectivity index is 1.43. The largest absolute Gasteiger partial charge is 0.372 e. The van der Waals surface area contributed by atoms with Crippen LogP contribution in [-0.2, 0) is 16.1 Å². The zero-order valence-electron chi connectivity index (χ0n) is 18.9. The van der Waals surface area contributed by atoms with Gasteiger partial charge in [0.15, 0.2) is 0 Å². The second kappa shape index (κ2) is 8.22. The molecule has 1 aromatic carbocycles. The Morgan fingerprint density at radius 2 is 1.94 bits per heavy atom. The summed E-state index contributed by atoms with van der Waals surface area (Å²) < 4.78 is 6.69. The fraction of sp³-hybridized carbons (Fsp3) is 0.593. The monoisotopic (exact) mass is 420 g/mol. The van der Waals surface area contributed by atoms with Gasteiger partial charge in [-0.3, -0.25) is 4.79 Å². The van der Waals surface area contributed by atoms with Crippen molar-refractivity contribution in [1.29, 1.82) is 0 Å². The van der Waals surface area contributed by atoms with E-state index in [-0.39, 0.29) is 34.8 Å². The average molecular weight is 421 g/mol. The highest BCUT2D eigenvalue weighted by Crippen LogP contribution is 2.82. The van der Waals surface area contributed by atoms with Gasteiger partial charge in [-0.1, -0.05) is 68.0 Å². The molecule has 166 valence electrons. The van der Waals surface area contributed by atoms with Crippen molar-refractivity contribution >= 4 is 5.91 Å². The van der Waals surface area contributed by atoms with E-state index in [0.29, 0.717) is 12.5 Å². The number of hydrogen-bond acceptors (Lipinski definition) is 3. The lowest BCUT2D eigenvalue weighted by Crippen LogP contribution is -2.46. The highest BCUT2D eigenvalue weighted by Gasteiger charge is 2.85. The maximum atomic E-state index is 12.2. The van der Waals surface area contributed by atoms with Crippen molar-refractivity contribution in [3.05, 3.63) is 60.2 Å². The second-order valence-electron chi connectivity index (χ2n) is 10.1. The van der Waals surface area contributed by atoms with Gasteiger partial charge in [0.1, 0.15) is 0 Å². The molecule has 1 amide bonds. The summed E-state index contributed by atoms with van der Waals surface area (Å²) in [5.41, 5.74) is 1.26. The standard InChI is InChI=1S/C27H36N2O2/c1-20-24(28-21(2)30)26(15-18-29-16-9-4-10-17-29)23-13-7-8-14-27(23,26)25(20)31-19-22-11-5-3-6-12-22/h3,5-8,11-14,20,23-25H,4,9-10,15-19H2,1-2H3,(H,28,30)/t20-,23+,24-,25+,26?,27+/m1/s1. The summed E-state index contributed by atoms with van der Waals surface area (Å²) in [5.74, 6) is 0.801. The fourth-order valence-corrected chi connectivity index (χ4v) is 7.28. The first kappa shape index (κ1) is 21.0. The first-order chi connectivity index (χ1) is 15.1. The molecule has 1 aliphatic heterocycles. The lowest BCUT2D eigenvalue weighted by molar-refractivity contribution is -0.120. The lowest BCUT2D eigenvalue weighted by Gasteiger charge is -2.34. The van der Waals surface area contributed by atoms with E-state index >= 15 is 0 Å². The number of nitrogens with one attached hydrogen (secondary N) is 1. The van der Waals surface area contributed by atoms with E-state index in [2.05, 4.69) is 65.7 Å². The molecule has 0 radical (unpaired) electrons. The Morgan fingerprint density at radius 3 is 2.68 bits per heavy atom. The van der Waals surface area contributed by atoms with Crippen LogP contribution in [0.25, 0.3) is 0 Å². The molecule has 1 spiro atoms. The van der Waals surface area contributed by atoms with E-state index in [1.807, 2.05) is 6.07 Å². The van der Waals surface area contributed by atoms with Crippen molar-refractivity contribution < 1.29 is 9.53 Å². The van der Waals surface area contributed by atoms with Crippen LogP contribution in [0.5, 0.6) is 0 Å². The van der Waals surface area contributed by atoms with E-state index in [0.717, 1.165) is 13.0 Å². The number of allylic oxidation sites excluding steroid dienone is 3. The van der Waals surface area contributed by atoms with Gasteiger partial charge >= 0.3 is 0 Å². The third kappa shape index (κ3) is 3.30. The van der Waals surface area contributed by atoms with Crippen molar-refractivity contribution in [2.75, 3.05) is 19.6 Å². The van der Waals surface area contributed by atoms with Gasteiger partial charge in [0, 0.05) is 29.7 Å². The molecule has 6 atom stereocenters. The third-order valence-electron chi connectivity index (χ3n) is 8.53. The molecule has 3 fully saturated rings. The molecule has 1 aromatic rings. The summed E-state index contributed by atoms with van der Waals surface area (Å²) in [6.45, 7) is 8.11. The number of hydrogen-bond donors (Lipinski definition) is 1. The molecule has 3 aliphatic carbocycles. The number of nitrogens with zero attached hydrogens (tertiary/aromatic N) is 1. The van der Waals surface area contributed by atoms with Gasteiger partial charge in [-0.05, 0) is 50.4 Å². The average Bonchev–Trinajstić information content (AvgIpc) is 3.34.